The Bertz CT molecular complexity index is 2220. The van der Waals surface area contributed by atoms with E-state index < -0.39 is 101 Å². The fourth-order valence-electron chi connectivity index (χ4n) is 6.09. The van der Waals surface area contributed by atoms with Crippen molar-refractivity contribution in [1.82, 2.24) is 34.4 Å². The van der Waals surface area contributed by atoms with Crippen LogP contribution in [0, 0.1) is 0 Å². The van der Waals surface area contributed by atoms with Crippen molar-refractivity contribution < 1.29 is 71.0 Å². The summed E-state index contributed by atoms with van der Waals surface area (Å²) in [5.74, 6) is -1.17. The number of carbonyl (C=O) groups excluding carboxylic acids is 2. The number of nitrogens with zero attached hydrogens (tertiary/aromatic N) is 9. The average molecular weight is 952 g/mol. The van der Waals surface area contributed by atoms with Crippen LogP contribution in [0.3, 0.4) is 0 Å². The molecule has 0 spiro atoms. The van der Waals surface area contributed by atoms with Crippen LogP contribution in [0.2, 0.25) is 0 Å². The Morgan fingerprint density at radius 2 is 1.87 bits per heavy atom. The number of nitrogens with one attached hydrogen (secondary N) is 1. The van der Waals surface area contributed by atoms with Crippen LogP contribution >= 0.6 is 15.6 Å². The molecule has 3 aromatic rings. The molecule has 60 heavy (non-hydrogen) atoms. The van der Waals surface area contributed by atoms with Crippen LogP contribution in [-0.4, -0.2) is 140 Å². The van der Waals surface area contributed by atoms with Gasteiger partial charge < -0.3 is 25.0 Å². The number of phosphoric acid groups is 2. The van der Waals surface area contributed by atoms with Gasteiger partial charge in [0, 0.05) is 24.1 Å². The van der Waals surface area contributed by atoms with Gasteiger partial charge in [-0.05, 0) is 38.8 Å². The standard InChI is InChI=1S/C30H44AsN11O16P2/c1-30(2,3)57-29(46)38-15(6-4-5-8-37-40-33)27(44)56-23-18(55-26(22(23)43)42-14-36-21-24(31)34-13-35-25(21)42)12-53-60(50,51)58-16-10-20(41-9-7-19(32)39-28(41)45)54-17(16)11-52-59(47,48)49/h7,9,13-18,20,22-23,26,43H,4-6,8,10-12,31H2,1-3H3,(H,38,46)(H,50,51)(H2,32,39,45)(H2,47,48,49)/t15?,16-,17+,18-,20+,22+,23+,26+/m0/s1. The molecule has 330 valence electrons. The normalized spacial score (nSPS) is 24.7. The Morgan fingerprint density at radius 1 is 1.13 bits per heavy atom. The smallest absolute Gasteiger partial charge is 0.383 e. The molecule has 27 nitrogen and oxygen atoms in total. The van der Waals surface area contributed by atoms with Crippen molar-refractivity contribution in [2.24, 2.45) is 5.11 Å². The number of hydrogen-bond donors (Lipinski definition) is 6. The van der Waals surface area contributed by atoms with E-state index in [0.717, 1.165) is 21.4 Å². The number of rotatable bonds is 18. The summed E-state index contributed by atoms with van der Waals surface area (Å²) in [6.07, 6.45) is -7.33. The predicted octanol–water partition coefficient (Wildman–Crippen LogP) is -0.633. The molecule has 0 radical (unpaired) electrons. The van der Waals surface area contributed by atoms with Gasteiger partial charge in [-0.3, -0.25) is 9.09 Å². The molecule has 2 aliphatic heterocycles. The fourth-order valence-corrected chi connectivity index (χ4v) is 7.96. The summed E-state index contributed by atoms with van der Waals surface area (Å²) in [7, 11) is -10.3. The topological polar surface area (TPSA) is 379 Å². The van der Waals surface area contributed by atoms with Gasteiger partial charge in [-0.2, -0.15) is 4.98 Å². The van der Waals surface area contributed by atoms with E-state index in [4.69, 9.17) is 39.3 Å². The second-order valence-corrected chi connectivity index (χ2v) is 18.1. The maximum atomic E-state index is 13.8. The van der Waals surface area contributed by atoms with Gasteiger partial charge in [-0.1, -0.05) is 5.11 Å². The van der Waals surface area contributed by atoms with Crippen molar-refractivity contribution in [2.45, 2.75) is 101 Å². The monoisotopic (exact) mass is 951 g/mol. The van der Waals surface area contributed by atoms with Crippen LogP contribution in [0.25, 0.3) is 21.6 Å². The minimum absolute atomic E-state index is 0.0209. The second kappa shape index (κ2) is 19.8. The summed E-state index contributed by atoms with van der Waals surface area (Å²) in [5, 5.41) is 17.6. The van der Waals surface area contributed by atoms with E-state index in [1.807, 2.05) is 0 Å². The van der Waals surface area contributed by atoms with Crippen LogP contribution in [0.1, 0.15) is 58.9 Å². The van der Waals surface area contributed by atoms with Crippen molar-refractivity contribution in [3.05, 3.63) is 45.8 Å². The summed E-state index contributed by atoms with van der Waals surface area (Å²) in [5.41, 5.74) is 13.0. The summed E-state index contributed by atoms with van der Waals surface area (Å²) in [4.78, 5) is 87.5. The molecule has 0 aliphatic carbocycles. The Kier molecular flexibility index (Phi) is 15.5. The molecule has 30 heteroatoms. The summed E-state index contributed by atoms with van der Waals surface area (Å²) in [6.45, 7) is 3.20. The number of esters is 1. The number of phosphoric ester groups is 2. The number of anilines is 1. The van der Waals surface area contributed by atoms with Crippen LogP contribution in [0.4, 0.5) is 10.6 Å². The van der Waals surface area contributed by atoms with Crippen molar-refractivity contribution in [3.63, 3.8) is 0 Å². The van der Waals surface area contributed by atoms with Gasteiger partial charge in [0.25, 0.3) is 0 Å². The number of nitrogens with two attached hydrogens (primary N) is 1. The molecular weight excluding hydrogens is 907 g/mol. The molecule has 1 amide bonds. The number of hydrogen-bond acceptors (Lipinski definition) is 19. The Balaban J connectivity index is 1.37. The van der Waals surface area contributed by atoms with E-state index >= 15 is 0 Å². The van der Waals surface area contributed by atoms with E-state index in [-0.39, 0.29) is 37.3 Å². The second-order valence-electron chi connectivity index (χ2n) is 14.3. The summed E-state index contributed by atoms with van der Waals surface area (Å²) >= 11 is 1.14. The van der Waals surface area contributed by atoms with Gasteiger partial charge in [0.2, 0.25) is 0 Å². The molecule has 10 atom stereocenters. The first-order valence-electron chi connectivity index (χ1n) is 18.0. The number of ether oxygens (including phenoxy) is 4. The number of unbranched alkanes of at least 4 members (excludes halogenated alkanes) is 1. The first-order valence-corrected chi connectivity index (χ1v) is 22.2. The van der Waals surface area contributed by atoms with Crippen molar-refractivity contribution >= 4 is 66.0 Å². The van der Waals surface area contributed by atoms with E-state index in [1.54, 1.807) is 20.8 Å². The van der Waals surface area contributed by atoms with Gasteiger partial charge in [0.15, 0.2) is 0 Å². The van der Waals surface area contributed by atoms with Crippen LogP contribution in [0.5, 0.6) is 0 Å². The molecule has 0 aromatic carbocycles. The molecule has 3 aromatic heterocycles. The number of carbonyl (C=O) groups is 2. The SMILES string of the molecule is CC(C)(C)OC(=O)NC(CCCCN=[N+]=[N-])C(=O)O[C@H]1[C@@H](O)[C@H](n2cnc3c([AsH2])ncnc32)O[C@H]1COP(=O)(O)O[C@H]1C[C@H](n2ccc(N)nc2=O)O[C@@H]1COP(=O)(O)O. The van der Waals surface area contributed by atoms with Crippen molar-refractivity contribution in [2.75, 3.05) is 25.5 Å². The molecule has 2 saturated heterocycles. The summed E-state index contributed by atoms with van der Waals surface area (Å²) in [6, 6.07) is -0.0835. The minimum atomic E-state index is -5.22. The average Bonchev–Trinajstić information content (AvgIpc) is 3.83. The summed E-state index contributed by atoms with van der Waals surface area (Å²) < 4.78 is 65.9. The third kappa shape index (κ3) is 12.7. The zero-order chi connectivity index (χ0) is 44.0. The van der Waals surface area contributed by atoms with E-state index in [9.17, 15) is 43.3 Å². The molecule has 5 rings (SSSR count). The third-order valence-corrected chi connectivity index (χ3v) is 11.1. The number of amides is 1. The zero-order valence-corrected chi connectivity index (χ0v) is 36.4. The molecule has 0 saturated carbocycles. The molecule has 3 unspecified atom stereocenters. The molecule has 5 heterocycles. The van der Waals surface area contributed by atoms with E-state index in [2.05, 4.69) is 39.8 Å². The Labute approximate surface area is 348 Å². The molecule has 2 aliphatic rings. The molecule has 7 N–H and O–H groups in total. The van der Waals surface area contributed by atoms with Gasteiger partial charge >= 0.3 is 197 Å². The quantitative estimate of drug-likeness (QED) is 0.0176. The zero-order valence-electron chi connectivity index (χ0n) is 32.1. The number of fused-ring (bicyclic) bond motifs is 1. The van der Waals surface area contributed by atoms with E-state index in [0.29, 0.717) is 16.4 Å². The minimum Gasteiger partial charge on any atom is -0.383 e. The van der Waals surface area contributed by atoms with Crippen molar-refractivity contribution in [1.29, 1.82) is 0 Å². The number of nitrogen functional groups attached to an aromatic ring is 1. The number of aliphatic hydroxyl groups excluding tert-OH is 1. The van der Waals surface area contributed by atoms with Crippen molar-refractivity contribution in [3.8, 4) is 0 Å². The number of azide groups is 1. The Hall–Kier alpha value is -4.06. The Morgan fingerprint density at radius 3 is 2.55 bits per heavy atom. The first-order chi connectivity index (χ1) is 28.1. The molecule has 0 bridgehead atoms. The number of aromatic nitrogens is 6. The van der Waals surface area contributed by atoms with Gasteiger partial charge in [-0.25, -0.2) is 14.2 Å². The van der Waals surface area contributed by atoms with Gasteiger partial charge in [0.1, 0.15) is 23.8 Å². The van der Waals surface area contributed by atoms with Gasteiger partial charge in [-0.15, -0.1) is 0 Å². The van der Waals surface area contributed by atoms with Gasteiger partial charge in [0.05, 0.1) is 6.61 Å². The van der Waals surface area contributed by atoms with Crippen LogP contribution < -0.4 is 21.2 Å². The first kappa shape index (κ1) is 47.0. The number of aliphatic hydroxyl groups is 1. The maximum absolute atomic E-state index is 13.8. The third-order valence-electron chi connectivity index (χ3n) is 8.68. The van der Waals surface area contributed by atoms with Crippen LogP contribution in [0.15, 0.2) is 34.8 Å². The fraction of sp³-hybridized carbons (Fsp3) is 0.633. The predicted molar refractivity (Wildman–Crippen MR) is 204 cm³/mol. The molecule has 2 fully saturated rings. The number of alkyl carbamates (subject to hydrolysis) is 1. The van der Waals surface area contributed by atoms with E-state index in [1.165, 1.54) is 29.5 Å². The number of imidazole rings is 1. The molecular formula is C30H44AsN11O16P2. The van der Waals surface area contributed by atoms with Crippen LogP contribution in [-0.2, 0) is 46.4 Å².